The molecule has 0 fully saturated rings. The number of hydrogen-bond acceptors (Lipinski definition) is 5. The van der Waals surface area contributed by atoms with E-state index in [4.69, 9.17) is 9.47 Å². The van der Waals surface area contributed by atoms with E-state index in [0.29, 0.717) is 36.8 Å². The van der Waals surface area contributed by atoms with E-state index in [1.54, 1.807) is 18.2 Å². The van der Waals surface area contributed by atoms with Crippen LogP contribution >= 0.6 is 0 Å². The van der Waals surface area contributed by atoms with Crippen molar-refractivity contribution in [1.29, 1.82) is 0 Å². The molecule has 1 amide bonds. The highest BCUT2D eigenvalue weighted by atomic mass is 32.2. The number of rotatable bonds is 8. The molecule has 1 heterocycles. The lowest BCUT2D eigenvalue weighted by Gasteiger charge is -2.25. The number of nitrogens with zero attached hydrogens (tertiary/aromatic N) is 1. The Balaban J connectivity index is 1.60. The van der Waals surface area contributed by atoms with Crippen LogP contribution in [-0.4, -0.2) is 40.3 Å². The van der Waals surface area contributed by atoms with Crippen LogP contribution in [0.4, 0.5) is 5.69 Å². The van der Waals surface area contributed by atoms with Gasteiger partial charge in [0.05, 0.1) is 18.0 Å². The van der Waals surface area contributed by atoms with Crippen LogP contribution in [0.5, 0.6) is 11.5 Å². The van der Waals surface area contributed by atoms with Gasteiger partial charge in [0.1, 0.15) is 13.2 Å². The van der Waals surface area contributed by atoms with Gasteiger partial charge in [0, 0.05) is 19.0 Å². The zero-order valence-corrected chi connectivity index (χ0v) is 18.4. The molecule has 0 saturated heterocycles. The van der Waals surface area contributed by atoms with Gasteiger partial charge in [-0.2, -0.15) is 0 Å². The number of nitrogens with one attached hydrogen (secondary N) is 1. The molecule has 162 valence electrons. The first kappa shape index (κ1) is 22.0. The number of ether oxygens (including phenoxy) is 2. The van der Waals surface area contributed by atoms with Crippen molar-refractivity contribution in [2.45, 2.75) is 32.7 Å². The number of benzene rings is 2. The van der Waals surface area contributed by atoms with Crippen LogP contribution in [0.15, 0.2) is 42.5 Å². The van der Waals surface area contributed by atoms with Crippen LogP contribution in [-0.2, 0) is 14.8 Å². The molecule has 2 aromatic carbocycles. The second-order valence-electron chi connectivity index (χ2n) is 7.41. The second kappa shape index (κ2) is 9.38. The Bertz CT molecular complexity index is 1010. The van der Waals surface area contributed by atoms with E-state index in [1.165, 1.54) is 4.31 Å². The van der Waals surface area contributed by atoms with Gasteiger partial charge in [0.15, 0.2) is 11.5 Å². The van der Waals surface area contributed by atoms with Gasteiger partial charge in [0.2, 0.25) is 15.9 Å². The van der Waals surface area contributed by atoms with E-state index in [1.807, 2.05) is 38.1 Å². The maximum Gasteiger partial charge on any atom is 0.232 e. The summed E-state index contributed by atoms with van der Waals surface area (Å²) in [6.07, 6.45) is 1.78. The first-order chi connectivity index (χ1) is 14.3. The Hall–Kier alpha value is -2.74. The van der Waals surface area contributed by atoms with Crippen LogP contribution in [0.25, 0.3) is 0 Å². The monoisotopic (exact) mass is 432 g/mol. The summed E-state index contributed by atoms with van der Waals surface area (Å²) in [4.78, 5) is 12.4. The first-order valence-corrected chi connectivity index (χ1v) is 11.8. The molecule has 8 heteroatoms. The van der Waals surface area contributed by atoms with E-state index in [-0.39, 0.29) is 24.9 Å². The van der Waals surface area contributed by atoms with Gasteiger partial charge in [-0.15, -0.1) is 0 Å². The SMILES string of the molecule is Cc1ccccc1[C@H](C)NC(=O)CCCN(c1ccc2c(c1)OCCO2)S(C)(=O)=O. The Morgan fingerprint density at radius 1 is 1.13 bits per heavy atom. The number of aryl methyl sites for hydroxylation is 1. The fourth-order valence-electron chi connectivity index (χ4n) is 3.52. The van der Waals surface area contributed by atoms with Crippen molar-refractivity contribution in [1.82, 2.24) is 5.32 Å². The third kappa shape index (κ3) is 5.44. The van der Waals surface area contributed by atoms with Gasteiger partial charge in [-0.3, -0.25) is 9.10 Å². The van der Waals surface area contributed by atoms with Crippen LogP contribution in [0, 0.1) is 6.92 Å². The maximum atomic E-state index is 12.4. The van der Waals surface area contributed by atoms with Crippen LogP contribution < -0.4 is 19.1 Å². The van der Waals surface area contributed by atoms with Crippen molar-refractivity contribution in [2.75, 3.05) is 30.3 Å². The molecule has 0 aromatic heterocycles. The molecule has 1 aliphatic rings. The lowest BCUT2D eigenvalue weighted by atomic mass is 10.0. The average molecular weight is 433 g/mol. The third-order valence-electron chi connectivity index (χ3n) is 5.01. The molecular formula is C22H28N2O5S. The maximum absolute atomic E-state index is 12.4. The molecule has 1 atom stereocenters. The predicted octanol–water partition coefficient (Wildman–Crippen LogP) is 3.19. The summed E-state index contributed by atoms with van der Waals surface area (Å²) in [6, 6.07) is 12.9. The quantitative estimate of drug-likeness (QED) is 0.693. The van der Waals surface area contributed by atoms with Crippen molar-refractivity contribution < 1.29 is 22.7 Å². The van der Waals surface area contributed by atoms with Gasteiger partial charge in [0.25, 0.3) is 0 Å². The lowest BCUT2D eigenvalue weighted by molar-refractivity contribution is -0.121. The number of anilines is 1. The number of fused-ring (bicyclic) bond motifs is 1. The highest BCUT2D eigenvalue weighted by Crippen LogP contribution is 2.34. The minimum absolute atomic E-state index is 0.109. The van der Waals surface area contributed by atoms with Crippen molar-refractivity contribution in [3.63, 3.8) is 0 Å². The lowest BCUT2D eigenvalue weighted by Crippen LogP contribution is -2.32. The van der Waals surface area contributed by atoms with Crippen LogP contribution in [0.2, 0.25) is 0 Å². The van der Waals surface area contributed by atoms with Crippen molar-refractivity contribution >= 4 is 21.6 Å². The number of sulfonamides is 1. The first-order valence-electron chi connectivity index (χ1n) is 9.98. The van der Waals surface area contributed by atoms with Crippen molar-refractivity contribution in [2.24, 2.45) is 0 Å². The fourth-order valence-corrected chi connectivity index (χ4v) is 4.48. The minimum atomic E-state index is -3.51. The Labute approximate surface area is 178 Å². The molecule has 0 saturated carbocycles. The summed E-state index contributed by atoms with van der Waals surface area (Å²) >= 11 is 0. The largest absolute Gasteiger partial charge is 0.486 e. The molecule has 1 aliphatic heterocycles. The zero-order valence-electron chi connectivity index (χ0n) is 17.6. The van der Waals surface area contributed by atoms with E-state index in [0.717, 1.165) is 17.4 Å². The van der Waals surface area contributed by atoms with Gasteiger partial charge in [-0.1, -0.05) is 24.3 Å². The van der Waals surface area contributed by atoms with E-state index in [2.05, 4.69) is 5.32 Å². The number of amides is 1. The summed E-state index contributed by atoms with van der Waals surface area (Å²) < 4.78 is 37.0. The van der Waals surface area contributed by atoms with Gasteiger partial charge in [-0.25, -0.2) is 8.42 Å². The summed E-state index contributed by atoms with van der Waals surface area (Å²) in [5.74, 6) is 1.02. The van der Waals surface area contributed by atoms with Gasteiger partial charge < -0.3 is 14.8 Å². The summed E-state index contributed by atoms with van der Waals surface area (Å²) in [6.45, 7) is 5.05. The number of carbonyl (C=O) groups excluding carboxylic acids is 1. The molecule has 0 aliphatic carbocycles. The molecule has 1 N–H and O–H groups in total. The highest BCUT2D eigenvalue weighted by molar-refractivity contribution is 7.92. The topological polar surface area (TPSA) is 84.9 Å². The molecule has 0 radical (unpaired) electrons. The molecule has 2 aromatic rings. The molecule has 0 bridgehead atoms. The van der Waals surface area contributed by atoms with E-state index >= 15 is 0 Å². The van der Waals surface area contributed by atoms with E-state index < -0.39 is 10.0 Å². The van der Waals surface area contributed by atoms with Crippen molar-refractivity contribution in [3.8, 4) is 11.5 Å². The molecule has 7 nitrogen and oxygen atoms in total. The normalized spacial score (nSPS) is 14.1. The molecular weight excluding hydrogens is 404 g/mol. The van der Waals surface area contributed by atoms with Crippen molar-refractivity contribution in [3.05, 3.63) is 53.6 Å². The predicted molar refractivity (Wildman–Crippen MR) is 117 cm³/mol. The standard InChI is InChI=1S/C22H28N2O5S/c1-16-7-4-5-8-19(16)17(2)23-22(25)9-6-12-24(30(3,26)27)18-10-11-20-21(15-18)29-14-13-28-20/h4-5,7-8,10-11,15,17H,6,9,12-14H2,1-3H3,(H,23,25)/t17-/m0/s1. The van der Waals surface area contributed by atoms with Gasteiger partial charge >= 0.3 is 0 Å². The molecule has 30 heavy (non-hydrogen) atoms. The molecule has 0 spiro atoms. The second-order valence-corrected chi connectivity index (χ2v) is 9.32. The minimum Gasteiger partial charge on any atom is -0.486 e. The van der Waals surface area contributed by atoms with Crippen LogP contribution in [0.1, 0.15) is 36.9 Å². The smallest absolute Gasteiger partial charge is 0.232 e. The van der Waals surface area contributed by atoms with Gasteiger partial charge in [-0.05, 0) is 43.5 Å². The summed E-state index contributed by atoms with van der Waals surface area (Å²) in [5.41, 5.74) is 2.68. The Kier molecular flexibility index (Phi) is 6.87. The molecule has 3 rings (SSSR count). The highest BCUT2D eigenvalue weighted by Gasteiger charge is 2.21. The summed E-state index contributed by atoms with van der Waals surface area (Å²) in [7, 11) is -3.51. The Morgan fingerprint density at radius 2 is 1.83 bits per heavy atom. The fraction of sp³-hybridized carbons (Fsp3) is 0.409. The van der Waals surface area contributed by atoms with Crippen LogP contribution in [0.3, 0.4) is 0 Å². The number of carbonyl (C=O) groups is 1. The zero-order chi connectivity index (χ0) is 21.7. The molecule has 0 unspecified atom stereocenters. The average Bonchev–Trinajstić information content (AvgIpc) is 2.70. The third-order valence-corrected chi connectivity index (χ3v) is 6.21. The van der Waals surface area contributed by atoms with E-state index in [9.17, 15) is 13.2 Å². The summed E-state index contributed by atoms with van der Waals surface area (Å²) in [5, 5.41) is 2.99. The Morgan fingerprint density at radius 3 is 2.53 bits per heavy atom. The number of hydrogen-bond donors (Lipinski definition) is 1.